The van der Waals surface area contributed by atoms with Gasteiger partial charge in [-0.2, -0.15) is 13.2 Å². The Balaban J connectivity index is 1.84. The van der Waals surface area contributed by atoms with E-state index in [9.17, 15) is 18.0 Å². The molecule has 0 aliphatic rings. The third kappa shape index (κ3) is 3.51. The van der Waals surface area contributed by atoms with Crippen LogP contribution in [-0.4, -0.2) is 9.38 Å². The highest BCUT2D eigenvalue weighted by atomic mass is 35.5. The molecule has 0 radical (unpaired) electrons. The first kappa shape index (κ1) is 16.3. The number of halogens is 4. The number of nitrogens with zero attached hydrogens (tertiary/aromatic N) is 2. The molecule has 2 aromatic heterocycles. The van der Waals surface area contributed by atoms with Crippen LogP contribution < -0.4 is 10.9 Å². The van der Waals surface area contributed by atoms with E-state index in [2.05, 4.69) is 10.3 Å². The monoisotopic (exact) mass is 353 g/mol. The second-order valence-electron chi connectivity index (χ2n) is 5.09. The molecule has 4 nitrogen and oxygen atoms in total. The molecular formula is C16H11ClF3N3O. The fourth-order valence-electron chi connectivity index (χ4n) is 2.21. The third-order valence-corrected chi connectivity index (χ3v) is 3.56. The van der Waals surface area contributed by atoms with E-state index in [0.717, 1.165) is 12.1 Å². The Hall–Kier alpha value is -2.54. The maximum Gasteiger partial charge on any atom is 0.416 e. The molecule has 2 heterocycles. The predicted octanol–water partition coefficient (Wildman–Crippen LogP) is 3.98. The maximum atomic E-state index is 12.7. The van der Waals surface area contributed by atoms with Gasteiger partial charge in [-0.05, 0) is 30.3 Å². The van der Waals surface area contributed by atoms with Gasteiger partial charge in [0.1, 0.15) is 5.65 Å². The topological polar surface area (TPSA) is 46.4 Å². The normalized spacial score (nSPS) is 11.7. The van der Waals surface area contributed by atoms with Crippen LogP contribution in [0.15, 0.2) is 53.5 Å². The molecule has 0 aliphatic carbocycles. The summed E-state index contributed by atoms with van der Waals surface area (Å²) in [5.74, 6) is 0. The van der Waals surface area contributed by atoms with Gasteiger partial charge >= 0.3 is 6.18 Å². The van der Waals surface area contributed by atoms with Gasteiger partial charge in [-0.15, -0.1) is 0 Å². The summed E-state index contributed by atoms with van der Waals surface area (Å²) in [5, 5.41) is 3.24. The second kappa shape index (κ2) is 6.16. The highest BCUT2D eigenvalue weighted by Gasteiger charge is 2.30. The zero-order valence-corrected chi connectivity index (χ0v) is 12.9. The molecule has 0 fully saturated rings. The fraction of sp³-hybridized carbons (Fsp3) is 0.125. The zero-order valence-electron chi connectivity index (χ0n) is 12.1. The standard InChI is InChI=1S/C16H11ClF3N3O/c17-11-4-5-14-22-13(7-15(24)23(14)9-11)8-21-12-3-1-2-10(6-12)16(18,19)20/h1-7,9,21H,8H2. The van der Waals surface area contributed by atoms with Crippen LogP contribution in [-0.2, 0) is 12.7 Å². The van der Waals surface area contributed by atoms with Crippen LogP contribution in [0.1, 0.15) is 11.3 Å². The molecule has 0 unspecified atom stereocenters. The smallest absolute Gasteiger partial charge is 0.379 e. The molecule has 0 saturated carbocycles. The summed E-state index contributed by atoms with van der Waals surface area (Å²) >= 11 is 5.83. The van der Waals surface area contributed by atoms with E-state index in [1.54, 1.807) is 12.1 Å². The van der Waals surface area contributed by atoms with Crippen LogP contribution in [0.2, 0.25) is 5.02 Å². The van der Waals surface area contributed by atoms with Crippen LogP contribution >= 0.6 is 11.6 Å². The van der Waals surface area contributed by atoms with Gasteiger partial charge in [0, 0.05) is 18.0 Å². The Morgan fingerprint density at radius 1 is 1.17 bits per heavy atom. The zero-order chi connectivity index (χ0) is 17.3. The van der Waals surface area contributed by atoms with Crippen molar-refractivity contribution < 1.29 is 13.2 Å². The lowest BCUT2D eigenvalue weighted by atomic mass is 10.2. The van der Waals surface area contributed by atoms with Gasteiger partial charge in [0.25, 0.3) is 5.56 Å². The van der Waals surface area contributed by atoms with Crippen molar-refractivity contribution >= 4 is 22.9 Å². The van der Waals surface area contributed by atoms with Crippen molar-refractivity contribution in [2.45, 2.75) is 12.7 Å². The Labute approximate surface area is 139 Å². The molecule has 1 N–H and O–H groups in total. The fourth-order valence-corrected chi connectivity index (χ4v) is 2.38. The average molecular weight is 354 g/mol. The summed E-state index contributed by atoms with van der Waals surface area (Å²) in [5.41, 5.74) is 0.0624. The summed E-state index contributed by atoms with van der Waals surface area (Å²) in [6.07, 6.45) is -2.95. The number of fused-ring (bicyclic) bond motifs is 1. The summed E-state index contributed by atoms with van der Waals surface area (Å²) in [6, 6.07) is 9.34. The molecule has 124 valence electrons. The largest absolute Gasteiger partial charge is 0.416 e. The highest BCUT2D eigenvalue weighted by molar-refractivity contribution is 6.30. The quantitative estimate of drug-likeness (QED) is 0.774. The Morgan fingerprint density at radius 3 is 2.71 bits per heavy atom. The van der Waals surface area contributed by atoms with Gasteiger partial charge < -0.3 is 5.32 Å². The minimum absolute atomic E-state index is 0.121. The van der Waals surface area contributed by atoms with E-state index in [-0.39, 0.29) is 12.1 Å². The van der Waals surface area contributed by atoms with Crippen LogP contribution in [0.5, 0.6) is 0 Å². The van der Waals surface area contributed by atoms with Gasteiger partial charge in [0.2, 0.25) is 0 Å². The summed E-state index contributed by atoms with van der Waals surface area (Å²) in [4.78, 5) is 16.3. The molecule has 0 amide bonds. The van der Waals surface area contributed by atoms with Crippen molar-refractivity contribution in [1.29, 1.82) is 0 Å². The number of hydrogen-bond acceptors (Lipinski definition) is 3. The van der Waals surface area contributed by atoms with Crippen LogP contribution in [0.4, 0.5) is 18.9 Å². The number of anilines is 1. The number of nitrogens with one attached hydrogen (secondary N) is 1. The van der Waals surface area contributed by atoms with E-state index in [1.165, 1.54) is 28.8 Å². The van der Waals surface area contributed by atoms with Gasteiger partial charge in [-0.3, -0.25) is 9.20 Å². The first-order valence-electron chi connectivity index (χ1n) is 6.92. The first-order chi connectivity index (χ1) is 11.3. The van der Waals surface area contributed by atoms with E-state index in [1.807, 2.05) is 0 Å². The predicted molar refractivity (Wildman–Crippen MR) is 85.2 cm³/mol. The van der Waals surface area contributed by atoms with Gasteiger partial charge in [0.05, 0.1) is 22.8 Å². The molecule has 8 heteroatoms. The molecule has 3 aromatic rings. The van der Waals surface area contributed by atoms with Crippen molar-refractivity contribution in [3.05, 3.63) is 75.3 Å². The maximum absolute atomic E-state index is 12.7. The first-order valence-corrected chi connectivity index (χ1v) is 7.30. The highest BCUT2D eigenvalue weighted by Crippen LogP contribution is 2.30. The molecule has 3 rings (SSSR count). The number of pyridine rings is 1. The number of alkyl halides is 3. The van der Waals surface area contributed by atoms with Crippen molar-refractivity contribution in [3.8, 4) is 0 Å². The molecule has 0 atom stereocenters. The lowest BCUT2D eigenvalue weighted by Crippen LogP contribution is -2.16. The van der Waals surface area contributed by atoms with Crippen molar-refractivity contribution in [2.75, 3.05) is 5.32 Å². The van der Waals surface area contributed by atoms with Gasteiger partial charge in [-0.1, -0.05) is 17.7 Å². The molecule has 0 spiro atoms. The van der Waals surface area contributed by atoms with E-state index >= 15 is 0 Å². The number of benzene rings is 1. The van der Waals surface area contributed by atoms with E-state index in [4.69, 9.17) is 11.6 Å². The molecule has 0 bridgehead atoms. The van der Waals surface area contributed by atoms with Crippen molar-refractivity contribution in [1.82, 2.24) is 9.38 Å². The van der Waals surface area contributed by atoms with Crippen LogP contribution in [0.25, 0.3) is 5.65 Å². The molecular weight excluding hydrogens is 343 g/mol. The van der Waals surface area contributed by atoms with Gasteiger partial charge in [-0.25, -0.2) is 4.98 Å². The van der Waals surface area contributed by atoms with Crippen LogP contribution in [0.3, 0.4) is 0 Å². The molecule has 24 heavy (non-hydrogen) atoms. The van der Waals surface area contributed by atoms with E-state index < -0.39 is 11.7 Å². The van der Waals surface area contributed by atoms with Crippen molar-refractivity contribution in [2.24, 2.45) is 0 Å². The summed E-state index contributed by atoms with van der Waals surface area (Å²) < 4.78 is 39.4. The Kier molecular flexibility index (Phi) is 4.19. The minimum atomic E-state index is -4.41. The lowest BCUT2D eigenvalue weighted by molar-refractivity contribution is -0.137. The molecule has 1 aromatic carbocycles. The summed E-state index contributed by atoms with van der Waals surface area (Å²) in [7, 11) is 0. The average Bonchev–Trinajstić information content (AvgIpc) is 2.53. The van der Waals surface area contributed by atoms with E-state index in [0.29, 0.717) is 22.1 Å². The lowest BCUT2D eigenvalue weighted by Gasteiger charge is -2.10. The SMILES string of the molecule is O=c1cc(CNc2cccc(C(F)(F)F)c2)nc2ccc(Cl)cn12. The number of aromatic nitrogens is 2. The Morgan fingerprint density at radius 2 is 1.96 bits per heavy atom. The van der Waals surface area contributed by atoms with Crippen LogP contribution in [0, 0.1) is 0 Å². The van der Waals surface area contributed by atoms with Crippen molar-refractivity contribution in [3.63, 3.8) is 0 Å². The number of rotatable bonds is 3. The Bertz CT molecular complexity index is 953. The summed E-state index contributed by atoms with van der Waals surface area (Å²) in [6.45, 7) is 0.121. The third-order valence-electron chi connectivity index (χ3n) is 3.34. The molecule has 0 saturated heterocycles. The molecule has 0 aliphatic heterocycles. The number of hydrogen-bond donors (Lipinski definition) is 1. The van der Waals surface area contributed by atoms with Gasteiger partial charge in [0.15, 0.2) is 0 Å². The minimum Gasteiger partial charge on any atom is -0.379 e. The second-order valence-corrected chi connectivity index (χ2v) is 5.53.